The van der Waals surface area contributed by atoms with Crippen LogP contribution >= 0.6 is 0 Å². The lowest BCUT2D eigenvalue weighted by Gasteiger charge is -2.11. The van der Waals surface area contributed by atoms with Gasteiger partial charge in [-0.3, -0.25) is 4.79 Å². The third-order valence-electron chi connectivity index (χ3n) is 4.40. The maximum atomic E-state index is 12.6. The molecule has 0 bridgehead atoms. The summed E-state index contributed by atoms with van der Waals surface area (Å²) in [5.41, 5.74) is 2.35. The molecule has 0 heterocycles. The molecule has 4 nitrogen and oxygen atoms in total. The highest BCUT2D eigenvalue weighted by Crippen LogP contribution is 2.59. The number of allylic oxidation sites excluding steroid dienone is 2. The molecule has 1 N–H and O–H groups in total. The van der Waals surface area contributed by atoms with E-state index in [9.17, 15) is 13.2 Å². The van der Waals surface area contributed by atoms with Gasteiger partial charge in [-0.25, -0.2) is 8.42 Å². The molecule has 1 fully saturated rings. The molecule has 2 rings (SSSR count). The number of rotatable bonds is 5. The highest BCUT2D eigenvalue weighted by Gasteiger charge is 2.60. The molecule has 5 heteroatoms. The van der Waals surface area contributed by atoms with Crippen molar-refractivity contribution in [2.75, 3.05) is 11.6 Å². The second-order valence-electron chi connectivity index (χ2n) is 7.29. The van der Waals surface area contributed by atoms with Gasteiger partial charge < -0.3 is 5.32 Å². The fourth-order valence-corrected chi connectivity index (χ4v) is 3.93. The summed E-state index contributed by atoms with van der Waals surface area (Å²) in [5.74, 6) is 0.0336. The molecular weight excluding hydrogens is 310 g/mol. The Balaban J connectivity index is 2.18. The molecule has 1 saturated carbocycles. The fourth-order valence-electron chi connectivity index (χ4n) is 3.11. The summed E-state index contributed by atoms with van der Waals surface area (Å²) in [4.78, 5) is 12.6. The van der Waals surface area contributed by atoms with Crippen LogP contribution in [-0.4, -0.2) is 20.6 Å². The van der Waals surface area contributed by atoms with E-state index in [4.69, 9.17) is 0 Å². The van der Waals surface area contributed by atoms with E-state index in [1.807, 2.05) is 13.8 Å². The number of carbonyl (C=O) groups is 1. The monoisotopic (exact) mass is 335 g/mol. The minimum Gasteiger partial charge on any atom is -0.326 e. The summed E-state index contributed by atoms with van der Waals surface area (Å²) in [6.45, 7) is 8.24. The van der Waals surface area contributed by atoms with Crippen LogP contribution in [0.5, 0.6) is 0 Å². The topological polar surface area (TPSA) is 63.2 Å². The highest BCUT2D eigenvalue weighted by atomic mass is 32.2. The van der Waals surface area contributed by atoms with Crippen molar-refractivity contribution in [3.05, 3.63) is 41.5 Å². The molecule has 126 valence electrons. The predicted octanol–water partition coefficient (Wildman–Crippen LogP) is 3.41. The largest absolute Gasteiger partial charge is 0.326 e. The Hall–Kier alpha value is -1.62. The Morgan fingerprint density at radius 3 is 2.43 bits per heavy atom. The van der Waals surface area contributed by atoms with Gasteiger partial charge in [-0.1, -0.05) is 43.7 Å². The van der Waals surface area contributed by atoms with Crippen LogP contribution in [0.25, 0.3) is 0 Å². The van der Waals surface area contributed by atoms with Crippen molar-refractivity contribution in [2.24, 2.45) is 17.3 Å². The Bertz CT molecular complexity index is 743. The van der Waals surface area contributed by atoms with E-state index in [0.717, 1.165) is 0 Å². The van der Waals surface area contributed by atoms with Crippen molar-refractivity contribution in [3.63, 3.8) is 0 Å². The molecule has 1 aromatic carbocycles. The van der Waals surface area contributed by atoms with Crippen molar-refractivity contribution in [2.45, 2.75) is 33.4 Å². The lowest BCUT2D eigenvalue weighted by molar-refractivity contribution is -0.118. The van der Waals surface area contributed by atoms with E-state index in [0.29, 0.717) is 11.3 Å². The van der Waals surface area contributed by atoms with Gasteiger partial charge in [0.2, 0.25) is 5.91 Å². The average molecular weight is 335 g/mol. The van der Waals surface area contributed by atoms with Crippen LogP contribution in [0.2, 0.25) is 0 Å². The summed E-state index contributed by atoms with van der Waals surface area (Å²) in [6, 6.07) is 7.07. The Morgan fingerprint density at radius 1 is 1.26 bits per heavy atom. The van der Waals surface area contributed by atoms with Crippen molar-refractivity contribution >= 4 is 21.4 Å². The molecule has 1 aliphatic rings. The average Bonchev–Trinajstić information content (AvgIpc) is 2.90. The van der Waals surface area contributed by atoms with E-state index >= 15 is 0 Å². The summed E-state index contributed by atoms with van der Waals surface area (Å²) in [5, 5.41) is 2.92. The van der Waals surface area contributed by atoms with Crippen LogP contribution < -0.4 is 5.32 Å². The van der Waals surface area contributed by atoms with E-state index in [2.05, 4.69) is 25.2 Å². The zero-order chi connectivity index (χ0) is 17.4. The number of hydrogen-bond acceptors (Lipinski definition) is 3. The number of benzene rings is 1. The Labute approximate surface area is 138 Å². The number of hydrogen-bond donors (Lipinski definition) is 1. The standard InChI is InChI=1S/C18H25NO3S/c1-12(2)10-14-16(18(14,3)4)17(20)19-15-9-7-6-8-13(15)11-23(5,21)22/h6-10,14,16H,11H2,1-5H3,(H,19,20)/t14-,16+/m0/s1. The molecule has 23 heavy (non-hydrogen) atoms. The summed E-state index contributed by atoms with van der Waals surface area (Å²) in [7, 11) is -3.15. The maximum Gasteiger partial charge on any atom is 0.228 e. The first kappa shape index (κ1) is 17.7. The number of nitrogens with one attached hydrogen (secondary N) is 1. The first-order chi connectivity index (χ1) is 10.5. The second kappa shape index (κ2) is 6.11. The van der Waals surface area contributed by atoms with Gasteiger partial charge in [0.15, 0.2) is 9.84 Å². The normalized spacial score (nSPS) is 22.3. The zero-order valence-electron chi connectivity index (χ0n) is 14.4. The summed E-state index contributed by atoms with van der Waals surface area (Å²) >= 11 is 0. The first-order valence-corrected chi connectivity index (χ1v) is 9.80. The number of amides is 1. The second-order valence-corrected chi connectivity index (χ2v) is 9.43. The van der Waals surface area contributed by atoms with Gasteiger partial charge >= 0.3 is 0 Å². The van der Waals surface area contributed by atoms with Crippen LogP contribution in [0, 0.1) is 17.3 Å². The number of para-hydroxylation sites is 1. The van der Waals surface area contributed by atoms with Gasteiger partial charge in [0.1, 0.15) is 0 Å². The SMILES string of the molecule is CC(C)=C[C@H]1[C@H](C(=O)Nc2ccccc2CS(C)(=O)=O)C1(C)C. The van der Waals surface area contributed by atoms with Gasteiger partial charge in [0.05, 0.1) is 11.7 Å². The van der Waals surface area contributed by atoms with Crippen LogP contribution in [0.4, 0.5) is 5.69 Å². The van der Waals surface area contributed by atoms with E-state index in [1.165, 1.54) is 11.8 Å². The highest BCUT2D eigenvalue weighted by molar-refractivity contribution is 7.89. The smallest absolute Gasteiger partial charge is 0.228 e. The van der Waals surface area contributed by atoms with Crippen LogP contribution in [0.1, 0.15) is 33.3 Å². The Kier molecular flexibility index (Phi) is 4.71. The molecule has 1 amide bonds. The van der Waals surface area contributed by atoms with Gasteiger partial charge in [-0.15, -0.1) is 0 Å². The molecule has 2 atom stereocenters. The third kappa shape index (κ3) is 4.22. The van der Waals surface area contributed by atoms with E-state index < -0.39 is 9.84 Å². The van der Waals surface area contributed by atoms with Crippen molar-refractivity contribution in [1.29, 1.82) is 0 Å². The molecule has 1 aliphatic carbocycles. The lowest BCUT2D eigenvalue weighted by Crippen LogP contribution is -2.18. The molecule has 0 aliphatic heterocycles. The predicted molar refractivity (Wildman–Crippen MR) is 93.8 cm³/mol. The quantitative estimate of drug-likeness (QED) is 0.839. The number of sulfone groups is 1. The number of carbonyl (C=O) groups excluding carboxylic acids is 1. The molecule has 0 spiro atoms. The van der Waals surface area contributed by atoms with Gasteiger partial charge in [-0.05, 0) is 36.8 Å². The maximum absolute atomic E-state index is 12.6. The molecule has 0 radical (unpaired) electrons. The van der Waals surface area contributed by atoms with Gasteiger partial charge in [0, 0.05) is 11.9 Å². The lowest BCUT2D eigenvalue weighted by atomic mass is 10.1. The van der Waals surface area contributed by atoms with Crippen LogP contribution in [-0.2, 0) is 20.4 Å². The molecular formula is C18H25NO3S. The molecule has 0 unspecified atom stereocenters. The van der Waals surface area contributed by atoms with E-state index in [-0.39, 0.29) is 28.9 Å². The summed E-state index contributed by atoms with van der Waals surface area (Å²) in [6.07, 6.45) is 3.34. The van der Waals surface area contributed by atoms with Crippen LogP contribution in [0.15, 0.2) is 35.9 Å². The zero-order valence-corrected chi connectivity index (χ0v) is 15.2. The minimum atomic E-state index is -3.15. The fraction of sp³-hybridized carbons (Fsp3) is 0.500. The van der Waals surface area contributed by atoms with Crippen molar-refractivity contribution in [3.8, 4) is 0 Å². The molecule has 1 aromatic rings. The third-order valence-corrected chi connectivity index (χ3v) is 5.23. The minimum absolute atomic E-state index is 0.0431. The van der Waals surface area contributed by atoms with Gasteiger partial charge in [0.25, 0.3) is 0 Å². The van der Waals surface area contributed by atoms with Crippen molar-refractivity contribution < 1.29 is 13.2 Å². The molecule has 0 aromatic heterocycles. The first-order valence-electron chi connectivity index (χ1n) is 7.74. The van der Waals surface area contributed by atoms with Crippen molar-refractivity contribution in [1.82, 2.24) is 0 Å². The molecule has 0 saturated heterocycles. The van der Waals surface area contributed by atoms with Crippen LogP contribution in [0.3, 0.4) is 0 Å². The Morgan fingerprint density at radius 2 is 1.87 bits per heavy atom. The summed E-state index contributed by atoms with van der Waals surface area (Å²) < 4.78 is 23.1. The van der Waals surface area contributed by atoms with Gasteiger partial charge in [-0.2, -0.15) is 0 Å². The number of anilines is 1. The van der Waals surface area contributed by atoms with E-state index in [1.54, 1.807) is 24.3 Å².